The average molecular weight is 499 g/mol. The van der Waals surface area contributed by atoms with Crippen molar-refractivity contribution in [1.82, 2.24) is 9.97 Å². The van der Waals surface area contributed by atoms with Crippen molar-refractivity contribution in [3.63, 3.8) is 0 Å². The summed E-state index contributed by atoms with van der Waals surface area (Å²) >= 11 is 0. The van der Waals surface area contributed by atoms with Crippen molar-refractivity contribution in [3.05, 3.63) is 119 Å². The second-order valence-corrected chi connectivity index (χ2v) is 8.69. The van der Waals surface area contributed by atoms with E-state index in [2.05, 4.69) is 15.3 Å². The molecule has 0 radical (unpaired) electrons. The highest BCUT2D eigenvalue weighted by Crippen LogP contribution is 2.10. The number of aryl methyl sites for hydroxylation is 4. The Kier molecular flexibility index (Phi) is 11.5. The number of hydrogen-bond acceptors (Lipinski definition) is 5. The number of benzene rings is 2. The molecule has 4 rings (SSSR count). The maximum absolute atomic E-state index is 11.8. The monoisotopic (exact) mass is 498 g/mol. The third-order valence-corrected chi connectivity index (χ3v) is 5.08. The lowest BCUT2D eigenvalue weighted by molar-refractivity contribution is -0.136. The van der Waals surface area contributed by atoms with Gasteiger partial charge in [0.1, 0.15) is 0 Å². The zero-order valence-electron chi connectivity index (χ0n) is 21.7. The predicted octanol–water partition coefficient (Wildman–Crippen LogP) is 5.47. The molecule has 0 saturated carbocycles. The van der Waals surface area contributed by atoms with E-state index in [4.69, 9.17) is 10.8 Å². The van der Waals surface area contributed by atoms with Crippen LogP contribution in [0, 0.1) is 27.7 Å². The maximum atomic E-state index is 11.8. The van der Waals surface area contributed by atoms with Crippen molar-refractivity contribution in [2.45, 2.75) is 40.5 Å². The molecule has 0 aliphatic rings. The molecule has 7 heteroatoms. The summed E-state index contributed by atoms with van der Waals surface area (Å²) in [4.78, 5) is 30.2. The molecule has 192 valence electrons. The number of aromatic nitrogens is 2. The molecule has 7 nitrogen and oxygen atoms in total. The van der Waals surface area contributed by atoms with Crippen LogP contribution in [0.1, 0.15) is 33.6 Å². The van der Waals surface area contributed by atoms with Crippen LogP contribution in [0.25, 0.3) is 0 Å². The van der Waals surface area contributed by atoms with Crippen LogP contribution in [0.2, 0.25) is 0 Å². The molecular weight excluding hydrogens is 464 g/mol. The molecule has 0 unspecified atom stereocenters. The van der Waals surface area contributed by atoms with Gasteiger partial charge in [0.05, 0.1) is 12.8 Å². The fourth-order valence-corrected chi connectivity index (χ4v) is 2.97. The first-order valence-electron chi connectivity index (χ1n) is 11.8. The van der Waals surface area contributed by atoms with Crippen molar-refractivity contribution in [1.29, 1.82) is 0 Å². The van der Waals surface area contributed by atoms with Gasteiger partial charge in [-0.25, -0.2) is 0 Å². The Balaban J connectivity index is 0.000000215. The van der Waals surface area contributed by atoms with E-state index in [-0.39, 0.29) is 12.3 Å². The molecule has 0 fully saturated rings. The molecule has 0 spiro atoms. The molecule has 0 atom stereocenters. The van der Waals surface area contributed by atoms with Gasteiger partial charge in [-0.2, -0.15) is 0 Å². The highest BCUT2D eigenvalue weighted by atomic mass is 16.4. The van der Waals surface area contributed by atoms with Crippen molar-refractivity contribution in [3.8, 4) is 0 Å². The molecule has 0 bridgehead atoms. The standard InChI is InChI=1S/C15H16N2O.C8H9NO2.C7H9N/c1-11-3-7-14(8-4-11)17-15(18)9-13-6-5-12(2)16-10-13;1-6-2-3-7(5-9-6)4-8(10)11;1-6-2-4-7(8)5-3-6/h3-8,10H,9H2,1-2H3,(H,17,18);2-3,5H,4H2,1H3,(H,10,11);2-5H,8H2,1H3. The summed E-state index contributed by atoms with van der Waals surface area (Å²) in [5, 5.41) is 11.3. The third kappa shape index (κ3) is 12.1. The van der Waals surface area contributed by atoms with E-state index in [1.807, 2.05) is 88.4 Å². The first-order chi connectivity index (χ1) is 17.6. The van der Waals surface area contributed by atoms with Gasteiger partial charge in [-0.3, -0.25) is 19.6 Å². The van der Waals surface area contributed by atoms with Gasteiger partial charge < -0.3 is 16.2 Å². The highest BCUT2D eigenvalue weighted by molar-refractivity contribution is 5.92. The Morgan fingerprint density at radius 1 is 0.703 bits per heavy atom. The Morgan fingerprint density at radius 2 is 1.16 bits per heavy atom. The smallest absolute Gasteiger partial charge is 0.307 e. The van der Waals surface area contributed by atoms with E-state index in [0.717, 1.165) is 33.9 Å². The molecule has 0 saturated heterocycles. The van der Waals surface area contributed by atoms with E-state index in [9.17, 15) is 9.59 Å². The second kappa shape index (κ2) is 14.8. The van der Waals surface area contributed by atoms with Crippen molar-refractivity contribution in [2.24, 2.45) is 0 Å². The molecular formula is C30H34N4O3. The zero-order valence-corrected chi connectivity index (χ0v) is 21.7. The minimum atomic E-state index is -0.823. The van der Waals surface area contributed by atoms with Crippen LogP contribution < -0.4 is 11.1 Å². The van der Waals surface area contributed by atoms with Crippen molar-refractivity contribution >= 4 is 23.3 Å². The van der Waals surface area contributed by atoms with Gasteiger partial charge in [-0.1, -0.05) is 47.5 Å². The van der Waals surface area contributed by atoms with Crippen LogP contribution in [0.3, 0.4) is 0 Å². The number of carbonyl (C=O) groups is 2. The van der Waals surface area contributed by atoms with Gasteiger partial charge in [-0.15, -0.1) is 0 Å². The number of nitrogens with two attached hydrogens (primary N) is 1. The molecule has 4 aromatic rings. The van der Waals surface area contributed by atoms with E-state index in [0.29, 0.717) is 6.42 Å². The lowest BCUT2D eigenvalue weighted by Gasteiger charge is -2.05. The number of carboxylic acid groups (broad SMARTS) is 1. The summed E-state index contributed by atoms with van der Waals surface area (Å²) in [6, 6.07) is 23.0. The number of nitrogens with zero attached hydrogens (tertiary/aromatic N) is 2. The fraction of sp³-hybridized carbons (Fsp3) is 0.200. The topological polar surface area (TPSA) is 118 Å². The van der Waals surface area contributed by atoms with E-state index in [1.165, 1.54) is 11.1 Å². The van der Waals surface area contributed by atoms with Crippen LogP contribution >= 0.6 is 0 Å². The number of rotatable bonds is 5. The maximum Gasteiger partial charge on any atom is 0.307 e. The largest absolute Gasteiger partial charge is 0.481 e. The van der Waals surface area contributed by atoms with Gasteiger partial charge in [-0.05, 0) is 75.2 Å². The van der Waals surface area contributed by atoms with Crippen molar-refractivity contribution in [2.75, 3.05) is 11.1 Å². The Morgan fingerprint density at radius 3 is 1.57 bits per heavy atom. The number of nitrogen functional groups attached to an aromatic ring is 1. The third-order valence-electron chi connectivity index (χ3n) is 5.08. The number of anilines is 2. The highest BCUT2D eigenvalue weighted by Gasteiger charge is 2.04. The first-order valence-corrected chi connectivity index (χ1v) is 11.8. The van der Waals surface area contributed by atoms with Crippen LogP contribution in [0.5, 0.6) is 0 Å². The fourth-order valence-electron chi connectivity index (χ4n) is 2.97. The SMILES string of the molecule is Cc1ccc(CC(=O)O)cn1.Cc1ccc(N)cc1.Cc1ccc(NC(=O)Cc2ccc(C)nc2)cc1. The van der Waals surface area contributed by atoms with Crippen LogP contribution in [-0.2, 0) is 22.4 Å². The van der Waals surface area contributed by atoms with E-state index >= 15 is 0 Å². The number of hydrogen-bond donors (Lipinski definition) is 3. The average Bonchev–Trinajstić information content (AvgIpc) is 2.86. The Hall–Kier alpha value is -4.52. The molecule has 0 aliphatic carbocycles. The predicted molar refractivity (Wildman–Crippen MR) is 148 cm³/mol. The van der Waals surface area contributed by atoms with Crippen molar-refractivity contribution < 1.29 is 14.7 Å². The van der Waals surface area contributed by atoms with Gasteiger partial charge in [0.15, 0.2) is 0 Å². The van der Waals surface area contributed by atoms with Gasteiger partial charge in [0.2, 0.25) is 5.91 Å². The van der Waals surface area contributed by atoms with Crippen LogP contribution in [0.4, 0.5) is 11.4 Å². The minimum Gasteiger partial charge on any atom is -0.481 e. The van der Waals surface area contributed by atoms with Gasteiger partial charge in [0, 0.05) is 35.2 Å². The lowest BCUT2D eigenvalue weighted by atomic mass is 10.2. The molecule has 4 N–H and O–H groups in total. The first kappa shape index (κ1) is 28.7. The molecule has 1 amide bonds. The molecule has 2 aromatic carbocycles. The summed E-state index contributed by atoms with van der Waals surface area (Å²) in [7, 11) is 0. The summed E-state index contributed by atoms with van der Waals surface area (Å²) in [5.74, 6) is -0.847. The minimum absolute atomic E-state index is 0.0236. The van der Waals surface area contributed by atoms with Gasteiger partial charge in [0.25, 0.3) is 0 Å². The quantitative estimate of drug-likeness (QED) is 0.314. The van der Waals surface area contributed by atoms with E-state index < -0.39 is 5.97 Å². The molecule has 37 heavy (non-hydrogen) atoms. The number of carbonyl (C=O) groups excluding carboxylic acids is 1. The number of carboxylic acids is 1. The number of aliphatic carboxylic acids is 1. The number of nitrogens with one attached hydrogen (secondary N) is 1. The molecule has 0 aliphatic heterocycles. The normalized spacial score (nSPS) is 9.73. The summed E-state index contributed by atoms with van der Waals surface area (Å²) in [6.45, 7) is 7.85. The van der Waals surface area contributed by atoms with E-state index in [1.54, 1.807) is 24.5 Å². The van der Waals surface area contributed by atoms with Crippen LogP contribution in [-0.4, -0.2) is 27.0 Å². The van der Waals surface area contributed by atoms with Gasteiger partial charge >= 0.3 is 5.97 Å². The number of pyridine rings is 2. The lowest BCUT2D eigenvalue weighted by Crippen LogP contribution is -2.14. The number of amides is 1. The Labute approximate surface area is 218 Å². The zero-order chi connectivity index (χ0) is 27.2. The Bertz CT molecular complexity index is 1180. The second-order valence-electron chi connectivity index (χ2n) is 8.69. The summed E-state index contributed by atoms with van der Waals surface area (Å²) in [5.41, 5.74) is 13.0. The summed E-state index contributed by atoms with van der Waals surface area (Å²) in [6.07, 6.45) is 3.72. The summed E-state index contributed by atoms with van der Waals surface area (Å²) < 4.78 is 0. The molecule has 2 heterocycles. The van der Waals surface area contributed by atoms with Crippen LogP contribution in [0.15, 0.2) is 85.2 Å². The molecule has 2 aromatic heterocycles.